The van der Waals surface area contributed by atoms with Gasteiger partial charge in [0, 0.05) is 60.4 Å². The van der Waals surface area contributed by atoms with Crippen molar-refractivity contribution in [3.8, 4) is 46.4 Å². The zero-order valence-corrected chi connectivity index (χ0v) is 47.8. The van der Waals surface area contributed by atoms with Gasteiger partial charge in [-0.2, -0.15) is 10.5 Å². The molecular formula is C68H52F6N8O7. The van der Waals surface area contributed by atoms with Gasteiger partial charge in [-0.15, -0.1) is 0 Å². The fourth-order valence-corrected chi connectivity index (χ4v) is 11.6. The Kier molecular flexibility index (Phi) is 16.8. The number of aromatic nitrogens is 6. The molecule has 0 bridgehead atoms. The quantitative estimate of drug-likeness (QED) is 0.0449. The summed E-state index contributed by atoms with van der Waals surface area (Å²) in [5.41, 5.74) is 2.24. The van der Waals surface area contributed by atoms with Gasteiger partial charge in [-0.25, -0.2) is 55.9 Å². The summed E-state index contributed by atoms with van der Waals surface area (Å²) >= 11 is 0. The molecule has 12 rings (SSSR count). The van der Waals surface area contributed by atoms with Crippen LogP contribution in [0.15, 0.2) is 133 Å². The maximum Gasteiger partial charge on any atom is 0.346 e. The van der Waals surface area contributed by atoms with Gasteiger partial charge >= 0.3 is 11.9 Å². The molecule has 0 amide bonds. The number of pyridine rings is 2. The summed E-state index contributed by atoms with van der Waals surface area (Å²) in [5, 5.41) is 18.2. The first-order valence-corrected chi connectivity index (χ1v) is 28.7. The Hall–Kier alpha value is -10.2. The predicted octanol–water partition coefficient (Wildman–Crippen LogP) is 13.9. The van der Waals surface area contributed by atoms with E-state index in [9.17, 15) is 18.4 Å². The van der Waals surface area contributed by atoms with Crippen molar-refractivity contribution < 1.29 is 59.6 Å². The number of halogens is 6. The lowest BCUT2D eigenvalue weighted by Gasteiger charge is -2.22. The first-order chi connectivity index (χ1) is 43.2. The smallest absolute Gasteiger partial charge is 0.346 e. The number of hydrogen-bond acceptors (Lipinski definition) is 13. The molecule has 6 aromatic carbocycles. The second-order valence-electron chi connectivity index (χ2n) is 21.6. The van der Waals surface area contributed by atoms with Crippen LogP contribution in [-0.2, 0) is 40.3 Å². The molecule has 4 aromatic heterocycles. The molecule has 89 heavy (non-hydrogen) atoms. The van der Waals surface area contributed by atoms with E-state index in [2.05, 4.69) is 9.97 Å². The summed E-state index contributed by atoms with van der Waals surface area (Å²) in [6.45, 7) is 4.29. The van der Waals surface area contributed by atoms with E-state index < -0.39 is 46.8 Å². The van der Waals surface area contributed by atoms with E-state index in [0.29, 0.717) is 72.6 Å². The maximum atomic E-state index is 16.3. The highest BCUT2D eigenvalue weighted by Gasteiger charge is 2.34. The normalized spacial score (nSPS) is 16.4. The predicted molar refractivity (Wildman–Crippen MR) is 312 cm³/mol. The number of esters is 2. The fraction of sp³-hybridized carbons (Fsp3) is 0.235. The van der Waals surface area contributed by atoms with Crippen molar-refractivity contribution in [1.29, 1.82) is 10.5 Å². The number of benzene rings is 6. The second kappa shape index (κ2) is 25.2. The van der Waals surface area contributed by atoms with E-state index in [-0.39, 0.29) is 129 Å². The number of carbonyl (C=O) groups excluding carboxylic acids is 2. The Morgan fingerprint density at radius 3 is 1.35 bits per heavy atom. The van der Waals surface area contributed by atoms with Crippen LogP contribution in [-0.4, -0.2) is 66.4 Å². The van der Waals surface area contributed by atoms with Crippen molar-refractivity contribution in [3.05, 3.63) is 225 Å². The average Bonchev–Trinajstić information content (AvgIpc) is 2.11. The molecule has 448 valence electrons. The summed E-state index contributed by atoms with van der Waals surface area (Å²) in [6, 6.07) is 33.5. The van der Waals surface area contributed by atoms with Gasteiger partial charge in [-0.3, -0.25) is 0 Å². The molecular weight excluding hydrogens is 1150 g/mol. The van der Waals surface area contributed by atoms with Crippen LogP contribution in [0.3, 0.4) is 0 Å². The van der Waals surface area contributed by atoms with E-state index in [1.165, 1.54) is 60.7 Å². The van der Waals surface area contributed by atoms with Crippen LogP contribution in [0.4, 0.5) is 26.3 Å². The topological polar surface area (TPSA) is 189 Å². The largest absolute Gasteiger partial charge is 0.473 e. The van der Waals surface area contributed by atoms with Gasteiger partial charge in [-0.05, 0) is 134 Å². The third-order valence-electron chi connectivity index (χ3n) is 16.1. The summed E-state index contributed by atoms with van der Waals surface area (Å²) in [4.78, 5) is 46.6. The molecule has 0 unspecified atom stereocenters. The van der Waals surface area contributed by atoms with E-state index in [4.69, 9.17) is 44.2 Å². The summed E-state index contributed by atoms with van der Waals surface area (Å²) in [5.74, 6) is -5.50. The van der Waals surface area contributed by atoms with Crippen LogP contribution in [0.25, 0.3) is 44.6 Å². The highest BCUT2D eigenvalue weighted by atomic mass is 19.1. The fourth-order valence-electron chi connectivity index (χ4n) is 11.6. The third-order valence-corrected chi connectivity index (χ3v) is 16.1. The number of rotatable bonds is 18. The van der Waals surface area contributed by atoms with Crippen molar-refractivity contribution in [1.82, 2.24) is 29.1 Å². The van der Waals surface area contributed by atoms with Crippen molar-refractivity contribution >= 4 is 34.0 Å². The maximum absolute atomic E-state index is 16.3. The Labute approximate surface area is 505 Å². The van der Waals surface area contributed by atoms with E-state index >= 15 is 17.6 Å². The number of ether oxygens (including phenoxy) is 5. The molecule has 0 aliphatic carbocycles. The molecule has 0 radical (unpaired) electrons. The van der Waals surface area contributed by atoms with E-state index in [1.54, 1.807) is 36.4 Å². The number of nitriles is 2. The Morgan fingerprint density at radius 2 is 0.944 bits per heavy atom. The lowest BCUT2D eigenvalue weighted by Crippen LogP contribution is -2.22. The SMILES string of the molecule is CC[C@@H]1OCC[C@H]1n1c(Cc2cc(F)c(-c3cccc(OCc4ccc(C#N)cc4F)n3)cc2F)nc2ccc(C(=O)OC(=O)c3ccc4nc(Cc5cc(F)c(-c6cccc(OCc7ccc(C#N)cc7F)n6)cc5F)n([C@@H]5CCO[C@H]5CC)c4c3)cc21. The highest BCUT2D eigenvalue weighted by molar-refractivity contribution is 6.05. The van der Waals surface area contributed by atoms with Gasteiger partial charge in [0.25, 0.3) is 0 Å². The van der Waals surface area contributed by atoms with Gasteiger partial charge in [0.15, 0.2) is 0 Å². The molecule has 10 aromatic rings. The first-order valence-electron chi connectivity index (χ1n) is 28.7. The standard InChI is InChI=1S/C68H52F6N8O7/c1-3-61-57(19-21-85-61)81-59-27-39(15-17-55(59)77-63(81)29-43-25-51(73)45(31-49(43)71)53-7-5-9-65(79-53)87-35-41-13-11-37(33-75)23-47(41)69)67(83)89-68(84)40-16-18-56-60(28-40)82(58-20-22-86-62(58)4-2)64(78-56)30-44-26-52(74)46(32-50(44)72)54-8-6-10-66(80-54)88-36-42-14-12-38(34-76)24-48(42)70/h5-18,23-28,31-32,57-58,61-62H,3-4,19-22,29-30,35-36H2,1-2H3/t57-,58-,61+,62+/m1/s1. The molecule has 0 spiro atoms. The van der Waals surface area contributed by atoms with Crippen molar-refractivity contribution in [3.63, 3.8) is 0 Å². The highest BCUT2D eigenvalue weighted by Crippen LogP contribution is 2.38. The number of carbonyl (C=O) groups is 2. The average molecular weight is 1210 g/mol. The van der Waals surface area contributed by atoms with Gasteiger partial charge < -0.3 is 32.8 Å². The van der Waals surface area contributed by atoms with Crippen LogP contribution in [0.5, 0.6) is 11.8 Å². The van der Waals surface area contributed by atoms with E-state index in [0.717, 1.165) is 36.4 Å². The van der Waals surface area contributed by atoms with Crippen LogP contribution < -0.4 is 9.47 Å². The first kappa shape index (κ1) is 59.1. The van der Waals surface area contributed by atoms with Crippen LogP contribution >= 0.6 is 0 Å². The minimum absolute atomic E-state index is 0.00334. The number of imidazole rings is 2. The molecule has 2 aliphatic rings. The molecule has 2 aliphatic heterocycles. The van der Waals surface area contributed by atoms with Crippen molar-refractivity contribution in [2.45, 2.75) is 89.9 Å². The van der Waals surface area contributed by atoms with Gasteiger partial charge in [-0.1, -0.05) is 38.1 Å². The summed E-state index contributed by atoms with van der Waals surface area (Å²) < 4.78 is 127. The molecule has 6 heterocycles. The number of fused-ring (bicyclic) bond motifs is 2. The lowest BCUT2D eigenvalue weighted by atomic mass is 10.0. The Balaban J connectivity index is 0.784. The molecule has 15 nitrogen and oxygen atoms in total. The Morgan fingerprint density at radius 1 is 0.517 bits per heavy atom. The minimum atomic E-state index is -0.979. The van der Waals surface area contributed by atoms with Crippen molar-refractivity contribution in [2.75, 3.05) is 13.2 Å². The van der Waals surface area contributed by atoms with E-state index in [1.807, 2.05) is 35.1 Å². The minimum Gasteiger partial charge on any atom is -0.473 e. The summed E-state index contributed by atoms with van der Waals surface area (Å²) in [7, 11) is 0. The second-order valence-corrected chi connectivity index (χ2v) is 21.6. The number of hydrogen-bond donors (Lipinski definition) is 0. The summed E-state index contributed by atoms with van der Waals surface area (Å²) in [6.07, 6.45) is 1.40. The molecule has 0 N–H and O–H groups in total. The number of nitrogens with zero attached hydrogens (tertiary/aromatic N) is 8. The molecule has 2 fully saturated rings. The monoisotopic (exact) mass is 1210 g/mol. The van der Waals surface area contributed by atoms with Gasteiger partial charge in [0.1, 0.15) is 59.8 Å². The molecule has 0 saturated carbocycles. The molecule has 4 atom stereocenters. The molecule has 2 saturated heterocycles. The van der Waals surface area contributed by atoms with Crippen LogP contribution in [0.1, 0.15) is 117 Å². The van der Waals surface area contributed by atoms with Crippen molar-refractivity contribution in [2.24, 2.45) is 0 Å². The zero-order chi connectivity index (χ0) is 62.0. The van der Waals surface area contributed by atoms with Crippen LogP contribution in [0.2, 0.25) is 0 Å². The van der Waals surface area contributed by atoms with Gasteiger partial charge in [0.05, 0.1) is 92.1 Å². The molecule has 21 heteroatoms. The third kappa shape index (κ3) is 12.1. The zero-order valence-electron chi connectivity index (χ0n) is 47.8. The Bertz CT molecular complexity index is 4240. The lowest BCUT2D eigenvalue weighted by molar-refractivity contribution is 0.0397. The van der Waals surface area contributed by atoms with Gasteiger partial charge in [0.2, 0.25) is 11.8 Å². The van der Waals surface area contributed by atoms with Crippen LogP contribution in [0, 0.1) is 57.6 Å².